The minimum atomic E-state index is -0.787. The minimum absolute atomic E-state index is 0.00517. The Morgan fingerprint density at radius 3 is 2.58 bits per heavy atom. The summed E-state index contributed by atoms with van der Waals surface area (Å²) in [5, 5.41) is 8.16. The van der Waals surface area contributed by atoms with Gasteiger partial charge >= 0.3 is 5.97 Å². The molecular formula is C24H26ClN3O5. The number of ether oxygens (including phenoxy) is 2. The van der Waals surface area contributed by atoms with Crippen LogP contribution in [0.1, 0.15) is 42.2 Å². The molecule has 9 heteroatoms. The van der Waals surface area contributed by atoms with Crippen LogP contribution in [0.4, 0.5) is 5.69 Å². The van der Waals surface area contributed by atoms with Crippen molar-refractivity contribution < 1.29 is 19.1 Å². The van der Waals surface area contributed by atoms with Crippen molar-refractivity contribution in [1.82, 2.24) is 9.78 Å². The number of methoxy groups -OCH3 is 1. The molecule has 0 saturated carbocycles. The number of aryl methyl sites for hydroxylation is 2. The first kappa shape index (κ1) is 24.3. The molecule has 0 fully saturated rings. The molecule has 0 spiro atoms. The number of rotatable bonds is 9. The molecule has 1 amide bonds. The predicted molar refractivity (Wildman–Crippen MR) is 127 cm³/mol. The zero-order chi connectivity index (χ0) is 24.0. The molecule has 0 radical (unpaired) electrons. The summed E-state index contributed by atoms with van der Waals surface area (Å²) in [6.45, 7) is 3.72. The van der Waals surface area contributed by atoms with Gasteiger partial charge in [0.05, 0.1) is 18.2 Å². The number of carbonyl (C=O) groups excluding carboxylic acids is 2. The van der Waals surface area contributed by atoms with Gasteiger partial charge in [0.25, 0.3) is 11.5 Å². The standard InChI is InChI=1S/C24H26ClN3O5/c1-4-5-8-11-28-23(30)17-10-7-6-9-16(17)22(27-28)24(31)33-14-21(29)26-19-12-15(2)18(25)13-20(19)32-3/h6-7,9-10,12-13H,4-5,8,11,14H2,1-3H3,(H,26,29). The van der Waals surface area contributed by atoms with E-state index in [0.29, 0.717) is 33.8 Å². The summed E-state index contributed by atoms with van der Waals surface area (Å²) in [5.74, 6) is -0.953. The number of halogens is 1. The molecule has 3 rings (SSSR count). The number of esters is 1. The lowest BCUT2D eigenvalue weighted by Crippen LogP contribution is -2.28. The first-order valence-corrected chi connectivity index (χ1v) is 11.0. The van der Waals surface area contributed by atoms with Gasteiger partial charge in [-0.1, -0.05) is 49.6 Å². The highest BCUT2D eigenvalue weighted by atomic mass is 35.5. The van der Waals surface area contributed by atoms with E-state index in [0.717, 1.165) is 24.8 Å². The van der Waals surface area contributed by atoms with Crippen molar-refractivity contribution in [3.05, 3.63) is 63.0 Å². The van der Waals surface area contributed by atoms with Gasteiger partial charge in [-0.3, -0.25) is 9.59 Å². The van der Waals surface area contributed by atoms with Crippen molar-refractivity contribution in [3.8, 4) is 5.75 Å². The smallest absolute Gasteiger partial charge is 0.359 e. The van der Waals surface area contributed by atoms with Gasteiger partial charge < -0.3 is 14.8 Å². The number of amides is 1. The van der Waals surface area contributed by atoms with Crippen molar-refractivity contribution in [3.63, 3.8) is 0 Å². The normalized spacial score (nSPS) is 10.8. The summed E-state index contributed by atoms with van der Waals surface area (Å²) in [4.78, 5) is 38.0. The van der Waals surface area contributed by atoms with Crippen LogP contribution in [0, 0.1) is 6.92 Å². The Balaban J connectivity index is 1.78. The fraction of sp³-hybridized carbons (Fsp3) is 0.333. The van der Waals surface area contributed by atoms with E-state index in [1.807, 2.05) is 0 Å². The third-order valence-corrected chi connectivity index (χ3v) is 5.53. The molecule has 0 saturated heterocycles. The van der Waals surface area contributed by atoms with Crippen molar-refractivity contribution in [1.29, 1.82) is 0 Å². The summed E-state index contributed by atoms with van der Waals surface area (Å²) in [7, 11) is 1.46. The van der Waals surface area contributed by atoms with E-state index in [-0.39, 0.29) is 11.3 Å². The molecule has 0 aliphatic carbocycles. The molecule has 3 aromatic rings. The van der Waals surface area contributed by atoms with E-state index < -0.39 is 18.5 Å². The number of unbranched alkanes of at least 4 members (excludes halogenated alkanes) is 2. The quantitative estimate of drug-likeness (QED) is 0.368. The topological polar surface area (TPSA) is 99.5 Å². The number of aromatic nitrogens is 2. The Kier molecular flexibility index (Phi) is 8.06. The lowest BCUT2D eigenvalue weighted by atomic mass is 10.1. The van der Waals surface area contributed by atoms with Crippen LogP contribution in [-0.2, 0) is 16.1 Å². The summed E-state index contributed by atoms with van der Waals surface area (Å²) in [5.41, 5.74) is 0.898. The van der Waals surface area contributed by atoms with Crippen LogP contribution in [0.2, 0.25) is 5.02 Å². The first-order chi connectivity index (χ1) is 15.8. The Labute approximate surface area is 196 Å². The van der Waals surface area contributed by atoms with Crippen molar-refractivity contribution in [2.75, 3.05) is 19.0 Å². The molecule has 8 nitrogen and oxygen atoms in total. The maximum Gasteiger partial charge on any atom is 0.359 e. The van der Waals surface area contributed by atoms with Crippen LogP contribution in [0.5, 0.6) is 5.75 Å². The third-order valence-electron chi connectivity index (χ3n) is 5.12. The van der Waals surface area contributed by atoms with Crippen LogP contribution in [0.3, 0.4) is 0 Å². The Hall–Kier alpha value is -3.39. The number of carbonyl (C=O) groups is 2. The molecule has 0 bridgehead atoms. The number of nitrogens with one attached hydrogen (secondary N) is 1. The Morgan fingerprint density at radius 1 is 1.15 bits per heavy atom. The number of hydrogen-bond acceptors (Lipinski definition) is 6. The van der Waals surface area contributed by atoms with Crippen LogP contribution in [-0.4, -0.2) is 35.4 Å². The number of fused-ring (bicyclic) bond motifs is 1. The summed E-state index contributed by atoms with van der Waals surface area (Å²) in [6, 6.07) is 9.98. The number of nitrogens with zero attached hydrogens (tertiary/aromatic N) is 2. The van der Waals surface area contributed by atoms with Crippen LogP contribution in [0.15, 0.2) is 41.2 Å². The van der Waals surface area contributed by atoms with Crippen LogP contribution in [0.25, 0.3) is 10.8 Å². The highest BCUT2D eigenvalue weighted by molar-refractivity contribution is 6.31. The van der Waals surface area contributed by atoms with Gasteiger partial charge in [0.15, 0.2) is 12.3 Å². The van der Waals surface area contributed by atoms with E-state index in [9.17, 15) is 14.4 Å². The van der Waals surface area contributed by atoms with Crippen LogP contribution < -0.4 is 15.6 Å². The monoisotopic (exact) mass is 471 g/mol. The summed E-state index contributed by atoms with van der Waals surface area (Å²) >= 11 is 6.09. The van der Waals surface area contributed by atoms with Gasteiger partial charge in [-0.25, -0.2) is 9.48 Å². The lowest BCUT2D eigenvalue weighted by Gasteiger charge is -2.13. The van der Waals surface area contributed by atoms with Gasteiger partial charge in [0.1, 0.15) is 5.75 Å². The highest BCUT2D eigenvalue weighted by Gasteiger charge is 2.19. The Bertz CT molecular complexity index is 1240. The molecule has 1 aromatic heterocycles. The SMILES string of the molecule is CCCCCn1nc(C(=O)OCC(=O)Nc2cc(C)c(Cl)cc2OC)c2ccccc2c1=O. The van der Waals surface area contributed by atoms with E-state index in [4.69, 9.17) is 21.1 Å². The van der Waals surface area contributed by atoms with Gasteiger partial charge in [-0.2, -0.15) is 5.10 Å². The van der Waals surface area contributed by atoms with Gasteiger partial charge in [0.2, 0.25) is 0 Å². The summed E-state index contributed by atoms with van der Waals surface area (Å²) in [6.07, 6.45) is 2.69. The van der Waals surface area contributed by atoms with E-state index in [1.54, 1.807) is 43.3 Å². The number of anilines is 1. The molecule has 174 valence electrons. The molecule has 1 N–H and O–H groups in total. The first-order valence-electron chi connectivity index (χ1n) is 10.7. The molecule has 0 atom stereocenters. The zero-order valence-electron chi connectivity index (χ0n) is 18.8. The van der Waals surface area contributed by atoms with E-state index in [2.05, 4.69) is 17.3 Å². The van der Waals surface area contributed by atoms with Crippen molar-refractivity contribution >= 4 is 39.9 Å². The zero-order valence-corrected chi connectivity index (χ0v) is 19.6. The second-order valence-corrected chi connectivity index (χ2v) is 7.96. The maximum atomic E-state index is 12.8. The fourth-order valence-corrected chi connectivity index (χ4v) is 3.52. The molecular weight excluding hydrogens is 446 g/mol. The minimum Gasteiger partial charge on any atom is -0.495 e. The maximum absolute atomic E-state index is 12.8. The Morgan fingerprint density at radius 2 is 1.88 bits per heavy atom. The lowest BCUT2D eigenvalue weighted by molar-refractivity contribution is -0.119. The average Bonchev–Trinajstić information content (AvgIpc) is 2.81. The van der Waals surface area contributed by atoms with E-state index in [1.165, 1.54) is 11.8 Å². The van der Waals surface area contributed by atoms with Crippen molar-refractivity contribution in [2.24, 2.45) is 0 Å². The predicted octanol–water partition coefficient (Wildman–Crippen LogP) is 4.35. The van der Waals surface area contributed by atoms with Gasteiger partial charge in [0, 0.05) is 23.0 Å². The van der Waals surface area contributed by atoms with Crippen LogP contribution >= 0.6 is 11.6 Å². The number of hydrogen-bond donors (Lipinski definition) is 1. The third kappa shape index (κ3) is 5.70. The van der Waals surface area contributed by atoms with Gasteiger partial charge in [-0.15, -0.1) is 0 Å². The second-order valence-electron chi connectivity index (χ2n) is 7.56. The molecule has 0 unspecified atom stereocenters. The summed E-state index contributed by atoms with van der Waals surface area (Å²) < 4.78 is 11.8. The molecule has 0 aliphatic rings. The van der Waals surface area contributed by atoms with Gasteiger partial charge in [-0.05, 0) is 31.0 Å². The molecule has 2 aromatic carbocycles. The highest BCUT2D eigenvalue weighted by Crippen LogP contribution is 2.30. The average molecular weight is 472 g/mol. The van der Waals surface area contributed by atoms with Crippen molar-refractivity contribution in [2.45, 2.75) is 39.7 Å². The molecule has 33 heavy (non-hydrogen) atoms. The second kappa shape index (κ2) is 11.0. The molecule has 1 heterocycles. The molecule has 0 aliphatic heterocycles. The number of benzene rings is 2. The fourth-order valence-electron chi connectivity index (χ4n) is 3.36. The van der Waals surface area contributed by atoms with E-state index >= 15 is 0 Å². The largest absolute Gasteiger partial charge is 0.495 e.